The third-order valence-electron chi connectivity index (χ3n) is 0. The van der Waals surface area contributed by atoms with E-state index in [0.29, 0.717) is 0 Å². The van der Waals surface area contributed by atoms with Crippen LogP contribution in [0.3, 0.4) is 0 Å². The molecule has 0 aromatic rings. The SMILES string of the molecule is [Ba].[Cd].[V].[Zn]. The van der Waals surface area contributed by atoms with Crippen LogP contribution in [0.2, 0.25) is 0 Å². The average Bonchev–Trinajstić information content (AvgIpc) is 0. The minimum Gasteiger partial charge on any atom is 0 e. The van der Waals surface area contributed by atoms with Crippen LogP contribution in [0.15, 0.2) is 0 Å². The molecule has 0 bridgehead atoms. The van der Waals surface area contributed by atoms with Crippen molar-refractivity contribution in [2.75, 3.05) is 0 Å². The maximum Gasteiger partial charge on any atom is 0 e. The van der Waals surface area contributed by atoms with E-state index in [2.05, 4.69) is 0 Å². The first kappa shape index (κ1) is 25.2. The predicted octanol–water partition coefficient (Wildman–Crippen LogP) is -0.388. The molecule has 0 rings (SSSR count). The van der Waals surface area contributed by atoms with E-state index >= 15 is 0 Å². The van der Waals surface area contributed by atoms with Gasteiger partial charge in [-0.25, -0.2) is 0 Å². The Morgan fingerprint density at radius 2 is 1.00 bits per heavy atom. The van der Waals surface area contributed by atoms with Crippen molar-refractivity contribution in [2.24, 2.45) is 0 Å². The van der Waals surface area contributed by atoms with E-state index in [4.69, 9.17) is 0 Å². The smallest absolute Gasteiger partial charge is 0 e. The van der Waals surface area contributed by atoms with E-state index in [9.17, 15) is 0 Å². The van der Waals surface area contributed by atoms with E-state index in [1.165, 1.54) is 0 Å². The zero-order chi connectivity index (χ0) is 0. The molecule has 0 aromatic carbocycles. The van der Waals surface area contributed by atoms with Crippen LogP contribution in [0, 0.1) is 0 Å². The van der Waals surface area contributed by atoms with E-state index < -0.39 is 0 Å². The van der Waals surface area contributed by atoms with Crippen molar-refractivity contribution in [3.8, 4) is 0 Å². The first-order valence-corrected chi connectivity index (χ1v) is 0. The van der Waals surface area contributed by atoms with E-state index in [1.54, 1.807) is 0 Å². The third-order valence-corrected chi connectivity index (χ3v) is 0. The molecule has 0 nitrogen and oxygen atoms in total. The van der Waals surface area contributed by atoms with Crippen molar-refractivity contribution in [2.45, 2.75) is 0 Å². The molecule has 0 saturated carbocycles. The van der Waals surface area contributed by atoms with Crippen LogP contribution in [0.4, 0.5) is 0 Å². The third kappa shape index (κ3) is 9.20. The minimum absolute atomic E-state index is 0. The zero-order valence-corrected chi connectivity index (χ0v) is 15.4. The van der Waals surface area contributed by atoms with Crippen LogP contribution >= 0.6 is 0 Å². The second-order valence-electron chi connectivity index (χ2n) is 0. The molecular weight excluding hydrogens is 366 g/mol. The van der Waals surface area contributed by atoms with Crippen LogP contribution < -0.4 is 0 Å². The molecule has 0 atom stereocenters. The Kier molecular flexibility index (Phi) is 100. The number of rotatable bonds is 0. The standard InChI is InChI=1S/Ba.Cd.V.Zn. The van der Waals surface area contributed by atoms with Gasteiger partial charge in [0.1, 0.15) is 0 Å². The quantitative estimate of drug-likeness (QED) is 0.513. The van der Waals surface area contributed by atoms with Gasteiger partial charge in [-0.15, -0.1) is 0 Å². The molecule has 0 unspecified atom stereocenters. The number of hydrogen-bond donors (Lipinski definition) is 0. The molecule has 0 N–H and O–H groups in total. The predicted molar refractivity (Wildman–Crippen MR) is 5.75 cm³/mol. The summed E-state index contributed by atoms with van der Waals surface area (Å²) in [7, 11) is 0. The van der Waals surface area contributed by atoms with Crippen LogP contribution in [-0.4, -0.2) is 48.9 Å². The monoisotopic (exact) mass is 367 g/mol. The molecule has 0 fully saturated rings. The molecule has 11 valence electrons. The molecule has 4 heteroatoms. The summed E-state index contributed by atoms with van der Waals surface area (Å²) in [5.41, 5.74) is 0. The Balaban J connectivity index is 0. The topological polar surface area (TPSA) is 0 Å². The zero-order valence-electron chi connectivity index (χ0n) is 2.57. The summed E-state index contributed by atoms with van der Waals surface area (Å²) in [5, 5.41) is 0. The molecule has 0 amide bonds. The average molecular weight is 366 g/mol. The van der Waals surface area contributed by atoms with Crippen molar-refractivity contribution < 1.29 is 65.3 Å². The number of hydrogen-bond acceptors (Lipinski definition) is 0. The normalized spacial score (nSPS) is 0. The first-order chi connectivity index (χ1) is 0. The summed E-state index contributed by atoms with van der Waals surface area (Å²) in [6.45, 7) is 0. The van der Waals surface area contributed by atoms with Crippen molar-refractivity contribution in [1.29, 1.82) is 0 Å². The first-order valence-electron chi connectivity index (χ1n) is 0. The van der Waals surface area contributed by atoms with Gasteiger partial charge in [0.2, 0.25) is 0 Å². The van der Waals surface area contributed by atoms with Crippen molar-refractivity contribution in [1.82, 2.24) is 0 Å². The van der Waals surface area contributed by atoms with E-state index in [-0.39, 0.29) is 114 Å². The van der Waals surface area contributed by atoms with Crippen LogP contribution in [0.1, 0.15) is 0 Å². The summed E-state index contributed by atoms with van der Waals surface area (Å²) < 4.78 is 0. The van der Waals surface area contributed by atoms with Gasteiger partial charge in [-0.2, -0.15) is 0 Å². The maximum atomic E-state index is 0. The van der Waals surface area contributed by atoms with Gasteiger partial charge in [0.25, 0.3) is 0 Å². The van der Waals surface area contributed by atoms with Gasteiger partial charge >= 0.3 is 0 Å². The molecule has 0 aliphatic carbocycles. The Morgan fingerprint density at radius 3 is 1.00 bits per heavy atom. The Hall–Kier alpha value is 3.70. The van der Waals surface area contributed by atoms with Gasteiger partial charge in [0.05, 0.1) is 0 Å². The molecule has 0 spiro atoms. The molecule has 0 aliphatic heterocycles. The molecule has 0 aliphatic rings. The van der Waals surface area contributed by atoms with Gasteiger partial charge in [-0.05, 0) is 0 Å². The summed E-state index contributed by atoms with van der Waals surface area (Å²) in [6.07, 6.45) is 0. The van der Waals surface area contributed by atoms with Gasteiger partial charge in [0.15, 0.2) is 0 Å². The Bertz CT molecular complexity index is 8.00. The van der Waals surface area contributed by atoms with Crippen molar-refractivity contribution in [3.63, 3.8) is 0 Å². The van der Waals surface area contributed by atoms with E-state index in [0.717, 1.165) is 0 Å². The summed E-state index contributed by atoms with van der Waals surface area (Å²) >= 11 is 0. The summed E-state index contributed by atoms with van der Waals surface area (Å²) in [4.78, 5) is 0. The minimum atomic E-state index is 0. The fourth-order valence-electron chi connectivity index (χ4n) is 0. The summed E-state index contributed by atoms with van der Waals surface area (Å²) in [5.74, 6) is 0. The molecule has 3 radical (unpaired) electrons. The Labute approximate surface area is 111 Å². The van der Waals surface area contributed by atoms with Crippen molar-refractivity contribution >= 4 is 48.9 Å². The molecule has 0 aromatic heterocycles. The van der Waals surface area contributed by atoms with Crippen LogP contribution in [-0.2, 0) is 65.3 Å². The fraction of sp³-hybridized carbons (Fsp3) is 0. The van der Waals surface area contributed by atoms with Crippen LogP contribution in [0.25, 0.3) is 0 Å². The van der Waals surface area contributed by atoms with Gasteiger partial charge in [-0.3, -0.25) is 0 Å². The largest absolute Gasteiger partial charge is 0 e. The van der Waals surface area contributed by atoms with Crippen molar-refractivity contribution in [3.05, 3.63) is 0 Å². The molecule has 0 saturated heterocycles. The molecule has 0 heterocycles. The summed E-state index contributed by atoms with van der Waals surface area (Å²) in [6, 6.07) is 0. The molecular formula is BaCdVZn. The van der Waals surface area contributed by atoms with Crippen LogP contribution in [0.5, 0.6) is 0 Å². The van der Waals surface area contributed by atoms with Gasteiger partial charge in [0, 0.05) is 114 Å². The second kappa shape index (κ2) is 15.9. The van der Waals surface area contributed by atoms with Gasteiger partial charge < -0.3 is 0 Å². The second-order valence-corrected chi connectivity index (χ2v) is 0. The molecule has 4 heavy (non-hydrogen) atoms. The fourth-order valence-corrected chi connectivity index (χ4v) is 0. The van der Waals surface area contributed by atoms with E-state index in [1.807, 2.05) is 0 Å². The van der Waals surface area contributed by atoms with Gasteiger partial charge in [-0.1, -0.05) is 0 Å². The Morgan fingerprint density at radius 1 is 1.00 bits per heavy atom. The maximum absolute atomic E-state index is 0.